The normalized spacial score (nSPS) is 10.3. The van der Waals surface area contributed by atoms with Crippen LogP contribution in [0.1, 0.15) is 0 Å². The molecule has 15 heavy (non-hydrogen) atoms. The molecule has 0 spiro atoms. The molecule has 0 saturated carbocycles. The third-order valence-electron chi connectivity index (χ3n) is 2.15. The summed E-state index contributed by atoms with van der Waals surface area (Å²) in [6.07, 6.45) is 0. The van der Waals surface area contributed by atoms with Crippen LogP contribution in [0, 0.1) is 0 Å². The Kier molecular flexibility index (Phi) is 2.93. The minimum absolute atomic E-state index is 0.562. The van der Waals surface area contributed by atoms with Crippen molar-refractivity contribution in [3.63, 3.8) is 0 Å². The predicted molar refractivity (Wildman–Crippen MR) is 66.9 cm³/mol. The van der Waals surface area contributed by atoms with Crippen molar-refractivity contribution in [2.75, 3.05) is 19.0 Å². The zero-order valence-electron chi connectivity index (χ0n) is 8.57. The first-order chi connectivity index (χ1) is 7.16. The van der Waals surface area contributed by atoms with Gasteiger partial charge in [-0.3, -0.25) is 0 Å². The molecule has 0 amide bonds. The van der Waals surface area contributed by atoms with Gasteiger partial charge >= 0.3 is 0 Å². The van der Waals surface area contributed by atoms with Gasteiger partial charge < -0.3 is 4.90 Å². The Morgan fingerprint density at radius 2 is 1.87 bits per heavy atom. The fourth-order valence-corrected chi connectivity index (χ4v) is 2.23. The number of hydrogen-bond acceptors (Lipinski definition) is 3. The van der Waals surface area contributed by atoms with Crippen molar-refractivity contribution in [2.45, 2.75) is 0 Å². The summed E-state index contributed by atoms with van der Waals surface area (Å²) in [7, 11) is 4.05. The second-order valence-electron chi connectivity index (χ2n) is 3.46. The Bertz CT molecular complexity index is 448. The van der Waals surface area contributed by atoms with Gasteiger partial charge in [-0.15, -0.1) is 0 Å². The van der Waals surface area contributed by atoms with E-state index in [0.717, 1.165) is 10.4 Å². The average Bonchev–Trinajstić information content (AvgIpc) is 2.65. The molecule has 0 aliphatic carbocycles. The number of hydrogen-bond donors (Lipinski definition) is 0. The number of benzene rings is 1. The van der Waals surface area contributed by atoms with Gasteiger partial charge in [0.25, 0.3) is 0 Å². The Hall–Kier alpha value is -1.06. The molecule has 0 fully saturated rings. The van der Waals surface area contributed by atoms with Crippen LogP contribution in [0.5, 0.6) is 0 Å². The predicted octanol–water partition coefficient (Wildman–Crippen LogP) is 3.53. The summed E-state index contributed by atoms with van der Waals surface area (Å²) in [6.45, 7) is 0. The minimum atomic E-state index is 0.562. The van der Waals surface area contributed by atoms with Crippen LogP contribution >= 0.6 is 23.1 Å². The number of aromatic nitrogens is 1. The molecule has 2 aromatic rings. The summed E-state index contributed by atoms with van der Waals surface area (Å²) < 4.78 is 4.05. The van der Waals surface area contributed by atoms with Crippen LogP contribution in [-0.2, 0) is 0 Å². The smallest absolute Gasteiger partial charge is 0.143 e. The van der Waals surface area contributed by atoms with Crippen LogP contribution in [0.4, 0.5) is 5.69 Å². The van der Waals surface area contributed by atoms with Crippen molar-refractivity contribution >= 4 is 28.8 Å². The summed E-state index contributed by atoms with van der Waals surface area (Å²) in [5.74, 6) is 0. The molecular formula is C11H11ClN2S. The van der Waals surface area contributed by atoms with E-state index in [9.17, 15) is 0 Å². The summed E-state index contributed by atoms with van der Waals surface area (Å²) >= 11 is 7.20. The molecule has 0 atom stereocenters. The first-order valence-corrected chi connectivity index (χ1v) is 5.72. The highest BCUT2D eigenvalue weighted by atomic mass is 35.5. The van der Waals surface area contributed by atoms with Crippen LogP contribution in [0.25, 0.3) is 10.4 Å². The Morgan fingerprint density at radius 1 is 1.20 bits per heavy atom. The van der Waals surface area contributed by atoms with E-state index < -0.39 is 0 Å². The van der Waals surface area contributed by atoms with Crippen molar-refractivity contribution in [2.24, 2.45) is 0 Å². The SMILES string of the molecule is CN(C)c1ccc(-c2cc(Cl)ns2)cc1. The molecule has 0 bridgehead atoms. The molecule has 1 aromatic carbocycles. The van der Waals surface area contributed by atoms with Crippen LogP contribution in [0.15, 0.2) is 30.3 Å². The third-order valence-corrected chi connectivity index (χ3v) is 3.28. The van der Waals surface area contributed by atoms with Gasteiger partial charge in [0.05, 0.1) is 4.88 Å². The highest BCUT2D eigenvalue weighted by Crippen LogP contribution is 2.28. The topological polar surface area (TPSA) is 16.1 Å². The standard InChI is InChI=1S/C11H11ClN2S/c1-14(2)9-5-3-8(4-6-9)10-7-11(12)13-15-10/h3-7H,1-2H3. The monoisotopic (exact) mass is 238 g/mol. The number of halogens is 1. The lowest BCUT2D eigenvalue weighted by molar-refractivity contribution is 1.13. The fraction of sp³-hybridized carbons (Fsp3) is 0.182. The van der Waals surface area contributed by atoms with E-state index in [1.165, 1.54) is 17.2 Å². The van der Waals surface area contributed by atoms with Gasteiger partial charge in [0.15, 0.2) is 0 Å². The van der Waals surface area contributed by atoms with Crippen LogP contribution in [-0.4, -0.2) is 18.5 Å². The first kappa shape index (κ1) is 10.5. The largest absolute Gasteiger partial charge is 0.378 e. The number of anilines is 1. The van der Waals surface area contributed by atoms with Crippen molar-refractivity contribution in [3.8, 4) is 10.4 Å². The molecule has 2 nitrogen and oxygen atoms in total. The molecule has 0 saturated heterocycles. The van der Waals surface area contributed by atoms with Crippen molar-refractivity contribution in [1.82, 2.24) is 4.37 Å². The quantitative estimate of drug-likeness (QED) is 0.796. The molecule has 4 heteroatoms. The van der Waals surface area contributed by atoms with E-state index in [1.54, 1.807) is 0 Å². The Balaban J connectivity index is 2.31. The maximum atomic E-state index is 5.78. The van der Waals surface area contributed by atoms with Crippen molar-refractivity contribution < 1.29 is 0 Å². The van der Waals surface area contributed by atoms with Crippen LogP contribution in [0.2, 0.25) is 5.15 Å². The second kappa shape index (κ2) is 4.21. The number of nitrogens with zero attached hydrogens (tertiary/aromatic N) is 2. The van der Waals surface area contributed by atoms with E-state index in [0.29, 0.717) is 5.15 Å². The maximum absolute atomic E-state index is 5.78. The van der Waals surface area contributed by atoms with E-state index in [4.69, 9.17) is 11.6 Å². The average molecular weight is 239 g/mol. The van der Waals surface area contributed by atoms with Gasteiger partial charge in [-0.2, -0.15) is 4.37 Å². The van der Waals surface area contributed by atoms with Crippen LogP contribution in [0.3, 0.4) is 0 Å². The summed E-state index contributed by atoms with van der Waals surface area (Å²) in [6, 6.07) is 10.2. The zero-order chi connectivity index (χ0) is 10.8. The molecule has 0 aliphatic rings. The molecule has 0 N–H and O–H groups in total. The van der Waals surface area contributed by atoms with Gasteiger partial charge in [0, 0.05) is 19.8 Å². The molecule has 0 radical (unpaired) electrons. The zero-order valence-corrected chi connectivity index (χ0v) is 10.1. The Morgan fingerprint density at radius 3 is 2.33 bits per heavy atom. The maximum Gasteiger partial charge on any atom is 0.143 e. The molecular weight excluding hydrogens is 228 g/mol. The van der Waals surface area contributed by atoms with Crippen molar-refractivity contribution in [1.29, 1.82) is 0 Å². The van der Waals surface area contributed by atoms with Gasteiger partial charge in [-0.05, 0) is 35.3 Å². The molecule has 0 unspecified atom stereocenters. The summed E-state index contributed by atoms with van der Waals surface area (Å²) in [5.41, 5.74) is 2.35. The van der Waals surface area contributed by atoms with Gasteiger partial charge in [0.2, 0.25) is 0 Å². The highest BCUT2D eigenvalue weighted by molar-refractivity contribution is 7.09. The minimum Gasteiger partial charge on any atom is -0.378 e. The second-order valence-corrected chi connectivity index (χ2v) is 4.65. The van der Waals surface area contributed by atoms with Gasteiger partial charge in [-0.1, -0.05) is 23.7 Å². The van der Waals surface area contributed by atoms with E-state index in [2.05, 4.69) is 33.5 Å². The molecule has 1 heterocycles. The van der Waals surface area contributed by atoms with Gasteiger partial charge in [0.1, 0.15) is 5.15 Å². The lowest BCUT2D eigenvalue weighted by Gasteiger charge is -2.12. The highest BCUT2D eigenvalue weighted by Gasteiger charge is 2.03. The van der Waals surface area contributed by atoms with Crippen LogP contribution < -0.4 is 4.90 Å². The molecule has 2 rings (SSSR count). The van der Waals surface area contributed by atoms with Gasteiger partial charge in [-0.25, -0.2) is 0 Å². The van der Waals surface area contributed by atoms with E-state index >= 15 is 0 Å². The van der Waals surface area contributed by atoms with E-state index in [-0.39, 0.29) is 0 Å². The summed E-state index contributed by atoms with van der Waals surface area (Å²) in [4.78, 5) is 3.17. The summed E-state index contributed by atoms with van der Waals surface area (Å²) in [5, 5.41) is 0.562. The molecule has 0 aliphatic heterocycles. The fourth-order valence-electron chi connectivity index (χ4n) is 1.31. The molecule has 1 aromatic heterocycles. The Labute approximate surface area is 98.3 Å². The third kappa shape index (κ3) is 2.30. The lowest BCUT2D eigenvalue weighted by atomic mass is 10.2. The first-order valence-electron chi connectivity index (χ1n) is 4.57. The lowest BCUT2D eigenvalue weighted by Crippen LogP contribution is -2.07. The molecule has 78 valence electrons. The number of rotatable bonds is 2. The van der Waals surface area contributed by atoms with Crippen molar-refractivity contribution in [3.05, 3.63) is 35.5 Å². The van der Waals surface area contributed by atoms with E-state index in [1.807, 2.05) is 20.2 Å².